The summed E-state index contributed by atoms with van der Waals surface area (Å²) >= 11 is 1.11. The van der Waals surface area contributed by atoms with Gasteiger partial charge < -0.3 is 0 Å². The second kappa shape index (κ2) is 3.92. The Balaban J connectivity index is 2.46. The molecule has 0 bridgehead atoms. The van der Waals surface area contributed by atoms with Gasteiger partial charge in [-0.1, -0.05) is 6.07 Å². The third kappa shape index (κ3) is 2.37. The molecule has 0 saturated carbocycles. The highest BCUT2D eigenvalue weighted by molar-refractivity contribution is 8.15. The molecule has 6 heteroatoms. The molecule has 0 spiro atoms. The summed E-state index contributed by atoms with van der Waals surface area (Å²) in [6.45, 7) is 0. The van der Waals surface area contributed by atoms with Gasteiger partial charge in [0.25, 0.3) is 9.05 Å². The van der Waals surface area contributed by atoms with Crippen LogP contribution in [-0.2, 0) is 9.05 Å². The van der Waals surface area contributed by atoms with E-state index in [1.807, 2.05) is 12.1 Å². The molecule has 78 valence electrons. The Morgan fingerprint density at radius 2 is 2.00 bits per heavy atom. The van der Waals surface area contributed by atoms with Gasteiger partial charge in [0.05, 0.1) is 10.6 Å². The minimum absolute atomic E-state index is 0.143. The summed E-state index contributed by atoms with van der Waals surface area (Å²) in [5, 5.41) is 0. The van der Waals surface area contributed by atoms with E-state index in [2.05, 4.69) is 4.98 Å². The molecule has 0 saturated heterocycles. The van der Waals surface area contributed by atoms with E-state index in [0.717, 1.165) is 21.9 Å². The number of pyridine rings is 1. The largest absolute Gasteiger partial charge is 0.270 e. The maximum atomic E-state index is 11.0. The van der Waals surface area contributed by atoms with E-state index >= 15 is 0 Å². The minimum Gasteiger partial charge on any atom is -0.255 e. The molecule has 0 fully saturated rings. The van der Waals surface area contributed by atoms with Crippen LogP contribution in [0.25, 0.3) is 10.6 Å². The summed E-state index contributed by atoms with van der Waals surface area (Å²) in [7, 11) is 1.59. The van der Waals surface area contributed by atoms with Crippen molar-refractivity contribution in [2.75, 3.05) is 0 Å². The van der Waals surface area contributed by atoms with Gasteiger partial charge in [-0.05, 0) is 24.3 Å². The quantitative estimate of drug-likeness (QED) is 0.779. The van der Waals surface area contributed by atoms with E-state index in [1.165, 1.54) is 6.07 Å². The number of thiophene rings is 1. The molecule has 0 aliphatic heterocycles. The van der Waals surface area contributed by atoms with Crippen LogP contribution in [0.5, 0.6) is 0 Å². The monoisotopic (exact) mass is 259 g/mol. The van der Waals surface area contributed by atoms with Crippen molar-refractivity contribution in [3.63, 3.8) is 0 Å². The van der Waals surface area contributed by atoms with Gasteiger partial charge in [-0.3, -0.25) is 4.98 Å². The zero-order valence-corrected chi connectivity index (χ0v) is 9.81. The van der Waals surface area contributed by atoms with Gasteiger partial charge >= 0.3 is 0 Å². The summed E-state index contributed by atoms with van der Waals surface area (Å²) in [6, 6.07) is 8.64. The molecule has 2 rings (SSSR count). The molecule has 0 atom stereocenters. The smallest absolute Gasteiger partial charge is 0.255 e. The molecule has 15 heavy (non-hydrogen) atoms. The molecule has 2 aromatic heterocycles. The first-order valence-electron chi connectivity index (χ1n) is 4.03. The fraction of sp³-hybridized carbons (Fsp3) is 0. The molecule has 0 aliphatic carbocycles. The number of hydrogen-bond donors (Lipinski definition) is 0. The zero-order valence-electron chi connectivity index (χ0n) is 7.42. The Morgan fingerprint density at radius 3 is 2.53 bits per heavy atom. The first-order chi connectivity index (χ1) is 7.07. The molecule has 2 heterocycles. The van der Waals surface area contributed by atoms with Crippen LogP contribution in [0.2, 0.25) is 0 Å². The van der Waals surface area contributed by atoms with Gasteiger partial charge in [-0.25, -0.2) is 8.42 Å². The number of nitrogens with zero attached hydrogens (tertiary/aromatic N) is 1. The molecule has 0 aliphatic rings. The van der Waals surface area contributed by atoms with E-state index in [4.69, 9.17) is 10.7 Å². The molecular weight excluding hydrogens is 254 g/mol. The Hall–Kier alpha value is -0.910. The maximum Gasteiger partial charge on any atom is 0.270 e. The Bertz CT molecular complexity index is 563. The van der Waals surface area contributed by atoms with Crippen LogP contribution >= 0.6 is 22.0 Å². The van der Waals surface area contributed by atoms with Crippen molar-refractivity contribution in [1.82, 2.24) is 4.98 Å². The number of halogens is 1. The Kier molecular flexibility index (Phi) is 2.77. The fourth-order valence-corrected chi connectivity index (χ4v) is 3.15. The molecule has 0 amide bonds. The third-order valence-corrected chi connectivity index (χ3v) is 4.94. The van der Waals surface area contributed by atoms with Crippen LogP contribution in [0.15, 0.2) is 40.7 Å². The predicted molar refractivity (Wildman–Crippen MR) is 60.6 cm³/mol. The molecule has 0 radical (unpaired) electrons. The van der Waals surface area contributed by atoms with E-state index in [1.54, 1.807) is 18.3 Å². The lowest BCUT2D eigenvalue weighted by atomic mass is 10.3. The molecule has 0 N–H and O–H groups in total. The van der Waals surface area contributed by atoms with Crippen molar-refractivity contribution in [2.45, 2.75) is 4.21 Å². The summed E-state index contributed by atoms with van der Waals surface area (Å²) in [4.78, 5) is 4.90. The van der Waals surface area contributed by atoms with Crippen LogP contribution in [0.1, 0.15) is 0 Å². The standard InChI is InChI=1S/C9H6ClNO2S2/c10-15(12,13)9-5-4-8(14-9)7-3-1-2-6-11-7/h1-6H. The zero-order chi connectivity index (χ0) is 10.9. The summed E-state index contributed by atoms with van der Waals surface area (Å²) in [6.07, 6.45) is 1.66. The average molecular weight is 260 g/mol. The fourth-order valence-electron chi connectivity index (χ4n) is 1.10. The second-order valence-corrected chi connectivity index (χ2v) is 6.65. The van der Waals surface area contributed by atoms with Crippen molar-refractivity contribution < 1.29 is 8.42 Å². The summed E-state index contributed by atoms with van der Waals surface area (Å²) in [5.74, 6) is 0. The van der Waals surface area contributed by atoms with Crippen LogP contribution in [-0.4, -0.2) is 13.4 Å². The molecular formula is C9H6ClNO2S2. The lowest BCUT2D eigenvalue weighted by molar-refractivity contribution is 0.611. The van der Waals surface area contributed by atoms with Gasteiger partial charge in [-0.2, -0.15) is 0 Å². The van der Waals surface area contributed by atoms with E-state index < -0.39 is 9.05 Å². The molecule has 0 unspecified atom stereocenters. The van der Waals surface area contributed by atoms with Crippen molar-refractivity contribution in [2.24, 2.45) is 0 Å². The maximum absolute atomic E-state index is 11.0. The predicted octanol–water partition coefficient (Wildman–Crippen LogP) is 2.74. The van der Waals surface area contributed by atoms with Gasteiger partial charge in [-0.15, -0.1) is 11.3 Å². The van der Waals surface area contributed by atoms with Gasteiger partial charge in [0.15, 0.2) is 0 Å². The topological polar surface area (TPSA) is 47.0 Å². The van der Waals surface area contributed by atoms with E-state index in [0.29, 0.717) is 0 Å². The molecule has 0 aromatic carbocycles. The molecule has 3 nitrogen and oxygen atoms in total. The summed E-state index contributed by atoms with van der Waals surface area (Å²) < 4.78 is 22.2. The van der Waals surface area contributed by atoms with Crippen molar-refractivity contribution in [3.8, 4) is 10.6 Å². The summed E-state index contributed by atoms with van der Waals surface area (Å²) in [5.41, 5.74) is 0.745. The van der Waals surface area contributed by atoms with E-state index in [-0.39, 0.29) is 4.21 Å². The van der Waals surface area contributed by atoms with Crippen molar-refractivity contribution >= 4 is 31.1 Å². The van der Waals surface area contributed by atoms with Crippen LogP contribution < -0.4 is 0 Å². The number of hydrogen-bond acceptors (Lipinski definition) is 4. The van der Waals surface area contributed by atoms with Crippen LogP contribution in [0.3, 0.4) is 0 Å². The number of rotatable bonds is 2. The highest BCUT2D eigenvalue weighted by atomic mass is 35.7. The van der Waals surface area contributed by atoms with E-state index in [9.17, 15) is 8.42 Å². The first-order valence-corrected chi connectivity index (χ1v) is 7.16. The Morgan fingerprint density at radius 1 is 1.20 bits per heavy atom. The van der Waals surface area contributed by atoms with Gasteiger partial charge in [0, 0.05) is 16.9 Å². The lowest BCUT2D eigenvalue weighted by Crippen LogP contribution is -1.83. The highest BCUT2D eigenvalue weighted by Crippen LogP contribution is 2.30. The van der Waals surface area contributed by atoms with Crippen LogP contribution in [0.4, 0.5) is 0 Å². The second-order valence-electron chi connectivity index (χ2n) is 2.77. The third-order valence-electron chi connectivity index (χ3n) is 1.74. The first kappa shape index (κ1) is 10.6. The average Bonchev–Trinajstić information content (AvgIpc) is 2.67. The SMILES string of the molecule is O=S(=O)(Cl)c1ccc(-c2ccccn2)s1. The van der Waals surface area contributed by atoms with Gasteiger partial charge in [0.2, 0.25) is 0 Å². The highest BCUT2D eigenvalue weighted by Gasteiger charge is 2.13. The van der Waals surface area contributed by atoms with Crippen molar-refractivity contribution in [1.29, 1.82) is 0 Å². The van der Waals surface area contributed by atoms with Crippen LogP contribution in [0, 0.1) is 0 Å². The Labute approximate surface area is 95.8 Å². The van der Waals surface area contributed by atoms with Gasteiger partial charge in [0.1, 0.15) is 4.21 Å². The lowest BCUT2D eigenvalue weighted by Gasteiger charge is -1.93. The van der Waals surface area contributed by atoms with Crippen molar-refractivity contribution in [3.05, 3.63) is 36.5 Å². The molecule has 2 aromatic rings. The minimum atomic E-state index is -3.63. The number of aromatic nitrogens is 1. The normalized spacial score (nSPS) is 11.5.